The molecule has 2 aromatic heterocycles. The summed E-state index contributed by atoms with van der Waals surface area (Å²) in [4.78, 5) is 6.66. The lowest BCUT2D eigenvalue weighted by Gasteiger charge is -2.31. The Bertz CT molecular complexity index is 1330. The zero-order valence-corrected chi connectivity index (χ0v) is 25.1. The molecule has 7 nitrogen and oxygen atoms in total. The Morgan fingerprint density at radius 1 is 1.02 bits per heavy atom. The highest BCUT2D eigenvalue weighted by atomic mass is 35.5. The number of halogens is 2. The Hall–Kier alpha value is -3.15. The summed E-state index contributed by atoms with van der Waals surface area (Å²) in [5.41, 5.74) is 5.50. The molecule has 1 N–H and O–H groups in total. The zero-order chi connectivity index (χ0) is 26.7. The Kier molecular flexibility index (Phi) is 13.9. The molecule has 0 spiro atoms. The van der Waals surface area contributed by atoms with Crippen LogP contribution >= 0.6 is 24.8 Å². The van der Waals surface area contributed by atoms with Gasteiger partial charge in [-0.05, 0) is 89.5 Å². The van der Waals surface area contributed by atoms with Crippen molar-refractivity contribution in [3.05, 3.63) is 88.9 Å². The van der Waals surface area contributed by atoms with Crippen molar-refractivity contribution in [2.75, 3.05) is 27.2 Å². The molecule has 9 heteroatoms. The van der Waals surface area contributed by atoms with Gasteiger partial charge in [-0.15, -0.1) is 24.8 Å². The van der Waals surface area contributed by atoms with Gasteiger partial charge in [0.05, 0.1) is 5.69 Å². The SMILES string of the molecule is CNC.Cc1c(OCc2ccc(C#N)nc2)ccc2c(CCC3CCN(Cc4ccccc4)CC3)noc12.Cl.Cl. The number of aryl methyl sites for hydroxylation is 2. The molecule has 0 atom stereocenters. The molecule has 1 fully saturated rings. The van der Waals surface area contributed by atoms with Gasteiger partial charge in [0.2, 0.25) is 0 Å². The van der Waals surface area contributed by atoms with Crippen LogP contribution in [0.3, 0.4) is 0 Å². The molecule has 0 aliphatic carbocycles. The van der Waals surface area contributed by atoms with E-state index in [0.717, 1.165) is 71.9 Å². The number of nitrogens with one attached hydrogen (secondary N) is 1. The first-order chi connectivity index (χ1) is 18.6. The van der Waals surface area contributed by atoms with Crippen molar-refractivity contribution in [3.63, 3.8) is 0 Å². The van der Waals surface area contributed by atoms with Gasteiger partial charge in [0.25, 0.3) is 0 Å². The smallest absolute Gasteiger partial charge is 0.173 e. The van der Waals surface area contributed by atoms with E-state index in [9.17, 15) is 0 Å². The van der Waals surface area contributed by atoms with Crippen molar-refractivity contribution in [2.24, 2.45) is 5.92 Å². The molecule has 1 saturated heterocycles. The van der Waals surface area contributed by atoms with E-state index in [1.165, 1.54) is 18.4 Å². The van der Waals surface area contributed by atoms with E-state index in [2.05, 4.69) is 56.8 Å². The van der Waals surface area contributed by atoms with Gasteiger partial charge in [-0.1, -0.05) is 41.6 Å². The molecule has 0 unspecified atom stereocenters. The molecule has 40 heavy (non-hydrogen) atoms. The third-order valence-electron chi connectivity index (χ3n) is 6.99. The molecule has 4 aromatic rings. The number of likely N-dealkylation sites (tertiary alicyclic amines) is 1. The Balaban J connectivity index is 0.00000107. The van der Waals surface area contributed by atoms with Crippen molar-refractivity contribution in [1.82, 2.24) is 20.4 Å². The van der Waals surface area contributed by atoms with Gasteiger partial charge in [-0.2, -0.15) is 5.26 Å². The van der Waals surface area contributed by atoms with Gasteiger partial charge in [-0.25, -0.2) is 4.98 Å². The maximum atomic E-state index is 8.89. The molecule has 1 aliphatic rings. The van der Waals surface area contributed by atoms with Crippen LogP contribution in [0.25, 0.3) is 11.0 Å². The first kappa shape index (κ1) is 33.1. The standard InChI is InChI=1S/C29H30N4O2.C2H7N.2ClH/c1-21-28(34-20-24-7-9-25(17-30)31-18-24)12-10-26-27(32-35-29(21)26)11-8-22-13-15-33(16-14-22)19-23-5-3-2-4-6-23;1-3-2;;/h2-7,9-10,12,18,22H,8,11,13-16,19-20H2,1H3;3H,1-2H3;2*1H. The Morgan fingerprint density at radius 3 is 2.40 bits per heavy atom. The molecule has 0 saturated carbocycles. The Morgan fingerprint density at radius 2 is 1.75 bits per heavy atom. The van der Waals surface area contributed by atoms with Gasteiger partial charge < -0.3 is 14.6 Å². The van der Waals surface area contributed by atoms with E-state index in [4.69, 9.17) is 14.5 Å². The summed E-state index contributed by atoms with van der Waals surface area (Å²) in [6.07, 6.45) is 6.23. The normalized spacial score (nSPS) is 13.3. The first-order valence-electron chi connectivity index (χ1n) is 13.3. The number of hydrogen-bond acceptors (Lipinski definition) is 7. The van der Waals surface area contributed by atoms with E-state index < -0.39 is 0 Å². The molecule has 0 radical (unpaired) electrons. The number of ether oxygens (including phenoxy) is 1. The summed E-state index contributed by atoms with van der Waals surface area (Å²) in [7, 11) is 3.75. The third kappa shape index (κ3) is 8.94. The zero-order valence-electron chi connectivity index (χ0n) is 23.4. The van der Waals surface area contributed by atoms with Crippen LogP contribution in [0.1, 0.15) is 47.3 Å². The molecular formula is C31H39Cl2N5O2. The summed E-state index contributed by atoms with van der Waals surface area (Å²) in [6, 6.07) is 20.4. The number of nitriles is 1. The average molecular weight is 585 g/mol. The second-order valence-electron chi connectivity index (χ2n) is 9.89. The molecule has 1 aliphatic heterocycles. The molecule has 5 rings (SSSR count). The van der Waals surface area contributed by atoms with Crippen molar-refractivity contribution < 1.29 is 9.26 Å². The molecule has 2 aromatic carbocycles. The number of nitrogens with zero attached hydrogens (tertiary/aromatic N) is 4. The van der Waals surface area contributed by atoms with Gasteiger partial charge in [0.15, 0.2) is 5.58 Å². The highest BCUT2D eigenvalue weighted by Gasteiger charge is 2.21. The van der Waals surface area contributed by atoms with Crippen molar-refractivity contribution in [2.45, 2.75) is 45.8 Å². The number of rotatable bonds is 8. The van der Waals surface area contributed by atoms with Gasteiger partial charge in [-0.3, -0.25) is 4.90 Å². The molecule has 3 heterocycles. The highest BCUT2D eigenvalue weighted by Crippen LogP contribution is 2.31. The fourth-order valence-corrected chi connectivity index (χ4v) is 4.86. The maximum Gasteiger partial charge on any atom is 0.173 e. The lowest BCUT2D eigenvalue weighted by molar-refractivity contribution is 0.172. The van der Waals surface area contributed by atoms with Crippen LogP contribution in [0.4, 0.5) is 0 Å². The minimum atomic E-state index is 0. The van der Waals surface area contributed by atoms with E-state index in [-0.39, 0.29) is 24.8 Å². The summed E-state index contributed by atoms with van der Waals surface area (Å²) < 4.78 is 11.7. The van der Waals surface area contributed by atoms with Crippen LogP contribution in [0.2, 0.25) is 0 Å². The lowest BCUT2D eigenvalue weighted by Crippen LogP contribution is -2.33. The number of hydrogen-bond donors (Lipinski definition) is 1. The molecule has 0 bridgehead atoms. The second-order valence-corrected chi connectivity index (χ2v) is 9.89. The van der Waals surface area contributed by atoms with Crippen LogP contribution in [-0.2, 0) is 19.6 Å². The van der Waals surface area contributed by atoms with E-state index >= 15 is 0 Å². The second kappa shape index (κ2) is 16.8. The summed E-state index contributed by atoms with van der Waals surface area (Å²) in [5, 5.41) is 17.1. The number of benzene rings is 2. The van der Waals surface area contributed by atoms with Gasteiger partial charge >= 0.3 is 0 Å². The van der Waals surface area contributed by atoms with E-state index in [0.29, 0.717) is 12.3 Å². The first-order valence-corrected chi connectivity index (χ1v) is 13.3. The van der Waals surface area contributed by atoms with Crippen molar-refractivity contribution >= 4 is 35.8 Å². The number of pyridine rings is 1. The van der Waals surface area contributed by atoms with Crippen molar-refractivity contribution in [3.8, 4) is 11.8 Å². The largest absolute Gasteiger partial charge is 0.488 e. The Labute approximate surface area is 249 Å². The fourth-order valence-electron chi connectivity index (χ4n) is 4.86. The minimum Gasteiger partial charge on any atom is -0.488 e. The maximum absolute atomic E-state index is 8.89. The molecule has 0 amide bonds. The predicted molar refractivity (Wildman–Crippen MR) is 164 cm³/mol. The minimum absolute atomic E-state index is 0. The van der Waals surface area contributed by atoms with E-state index in [1.807, 2.05) is 39.2 Å². The topological polar surface area (TPSA) is 87.2 Å². The van der Waals surface area contributed by atoms with Crippen LogP contribution in [-0.4, -0.2) is 42.2 Å². The monoisotopic (exact) mass is 583 g/mol. The quantitative estimate of drug-likeness (QED) is 0.253. The van der Waals surface area contributed by atoms with Crippen LogP contribution in [0.5, 0.6) is 5.75 Å². The lowest BCUT2D eigenvalue weighted by atomic mass is 9.91. The van der Waals surface area contributed by atoms with Crippen LogP contribution < -0.4 is 10.1 Å². The summed E-state index contributed by atoms with van der Waals surface area (Å²) in [5.74, 6) is 1.51. The van der Waals surface area contributed by atoms with Gasteiger partial charge in [0, 0.05) is 29.3 Å². The highest BCUT2D eigenvalue weighted by molar-refractivity contribution is 5.86. The number of piperidine rings is 1. The number of aromatic nitrogens is 2. The van der Waals surface area contributed by atoms with Crippen LogP contribution in [0.15, 0.2) is 65.3 Å². The molecular weight excluding hydrogens is 545 g/mol. The van der Waals surface area contributed by atoms with Crippen LogP contribution in [0, 0.1) is 24.2 Å². The summed E-state index contributed by atoms with van der Waals surface area (Å²) >= 11 is 0. The molecule has 214 valence electrons. The summed E-state index contributed by atoms with van der Waals surface area (Å²) in [6.45, 7) is 5.76. The predicted octanol–water partition coefficient (Wildman–Crippen LogP) is 6.51. The van der Waals surface area contributed by atoms with Crippen molar-refractivity contribution in [1.29, 1.82) is 5.26 Å². The van der Waals surface area contributed by atoms with E-state index in [1.54, 1.807) is 12.3 Å². The third-order valence-corrected chi connectivity index (χ3v) is 6.99. The number of fused-ring (bicyclic) bond motifs is 1. The van der Waals surface area contributed by atoms with Gasteiger partial charge in [0.1, 0.15) is 24.1 Å². The fraction of sp³-hybridized carbons (Fsp3) is 0.387. The average Bonchev–Trinajstić information content (AvgIpc) is 3.37.